The van der Waals surface area contributed by atoms with Gasteiger partial charge in [-0.3, -0.25) is 9.59 Å². The fourth-order valence-corrected chi connectivity index (χ4v) is 4.79. The summed E-state index contributed by atoms with van der Waals surface area (Å²) in [5.41, 5.74) is 1.10. The number of allylic oxidation sites excluding steroid dienone is 1. The minimum Gasteiger partial charge on any atom is -0.481 e. The maximum Gasteiger partial charge on any atom is 0.308 e. The molecule has 0 spiro atoms. The number of methoxy groups -OCH3 is 1. The molecule has 0 saturated carbocycles. The third kappa shape index (κ3) is 6.89. The van der Waals surface area contributed by atoms with Gasteiger partial charge in [-0.1, -0.05) is 39.0 Å². The van der Waals surface area contributed by atoms with Gasteiger partial charge < -0.3 is 24.8 Å². The van der Waals surface area contributed by atoms with Crippen molar-refractivity contribution in [3.63, 3.8) is 0 Å². The highest BCUT2D eigenvalue weighted by Crippen LogP contribution is 2.45. The molecule has 0 heterocycles. The molecule has 0 saturated heterocycles. The first-order chi connectivity index (χ1) is 14.7. The third-order valence-corrected chi connectivity index (χ3v) is 6.82. The number of carboxylic acid groups (broad SMARTS) is 1. The van der Waals surface area contributed by atoms with Gasteiger partial charge in [-0.05, 0) is 43.1 Å². The van der Waals surface area contributed by atoms with Crippen LogP contribution in [0.4, 0.5) is 0 Å². The highest BCUT2D eigenvalue weighted by Gasteiger charge is 2.43. The van der Waals surface area contributed by atoms with Crippen LogP contribution in [0.25, 0.3) is 0 Å². The van der Waals surface area contributed by atoms with Crippen molar-refractivity contribution in [2.24, 2.45) is 23.7 Å². The summed E-state index contributed by atoms with van der Waals surface area (Å²) in [5, 5.41) is 29.0. The lowest BCUT2D eigenvalue weighted by Crippen LogP contribution is -2.44. The first-order valence-electron chi connectivity index (χ1n) is 11.4. The summed E-state index contributed by atoms with van der Waals surface area (Å²) in [6.45, 7) is 5.95. The average molecular weight is 439 g/mol. The summed E-state index contributed by atoms with van der Waals surface area (Å²) in [7, 11) is 1.68. The standard InChI is InChI=1S/C24H38O7/c1-5-14(2)24(29)31-20-8-6-7-16-11-21(30-4)15(3)19(23(16)20)10-9-17(25)12-18(26)13-22(27)28/h6-7,11,14-15,17-21,23,25-26H,5,8-10,12-13H2,1-4H3,(H,27,28). The van der Waals surface area contributed by atoms with E-state index in [9.17, 15) is 19.8 Å². The molecular weight excluding hydrogens is 400 g/mol. The Labute approximate surface area is 185 Å². The quantitative estimate of drug-likeness (QED) is 0.425. The number of hydrogen-bond acceptors (Lipinski definition) is 6. The summed E-state index contributed by atoms with van der Waals surface area (Å²) >= 11 is 0. The Morgan fingerprint density at radius 1 is 1.26 bits per heavy atom. The van der Waals surface area contributed by atoms with Gasteiger partial charge in [0.05, 0.1) is 30.7 Å². The average Bonchev–Trinajstić information content (AvgIpc) is 2.71. The van der Waals surface area contributed by atoms with Crippen molar-refractivity contribution in [3.05, 3.63) is 23.8 Å². The van der Waals surface area contributed by atoms with Crippen LogP contribution in [0.5, 0.6) is 0 Å². The number of carbonyl (C=O) groups excluding carboxylic acids is 1. The molecule has 0 fully saturated rings. The number of aliphatic carboxylic acids is 1. The SMILES string of the molecule is CCC(C)C(=O)OC1CC=CC2=CC(OC)C(C)C(CCC(O)CC(O)CC(=O)O)C21. The van der Waals surface area contributed by atoms with E-state index in [4.69, 9.17) is 14.6 Å². The molecule has 2 aliphatic rings. The van der Waals surface area contributed by atoms with Gasteiger partial charge >= 0.3 is 11.9 Å². The minimum atomic E-state index is -1.08. The molecule has 2 rings (SSSR count). The Balaban J connectivity index is 2.14. The highest BCUT2D eigenvalue weighted by atomic mass is 16.5. The van der Waals surface area contributed by atoms with Gasteiger partial charge in [0.15, 0.2) is 0 Å². The zero-order valence-electron chi connectivity index (χ0n) is 19.1. The van der Waals surface area contributed by atoms with Crippen LogP contribution in [0, 0.1) is 23.7 Å². The maximum absolute atomic E-state index is 12.5. The number of carboxylic acids is 1. The molecule has 176 valence electrons. The van der Waals surface area contributed by atoms with Gasteiger partial charge in [0.1, 0.15) is 6.10 Å². The molecule has 0 radical (unpaired) electrons. The van der Waals surface area contributed by atoms with Gasteiger partial charge in [-0.2, -0.15) is 0 Å². The van der Waals surface area contributed by atoms with Crippen LogP contribution in [-0.2, 0) is 19.1 Å². The molecule has 0 aliphatic heterocycles. The van der Waals surface area contributed by atoms with Crippen molar-refractivity contribution in [1.29, 1.82) is 0 Å². The molecule has 2 aliphatic carbocycles. The second-order valence-corrected chi connectivity index (χ2v) is 9.06. The molecule has 31 heavy (non-hydrogen) atoms. The van der Waals surface area contributed by atoms with Crippen LogP contribution in [-0.4, -0.2) is 58.8 Å². The lowest BCUT2D eigenvalue weighted by Gasteiger charge is -2.45. The summed E-state index contributed by atoms with van der Waals surface area (Å²) < 4.78 is 11.6. The minimum absolute atomic E-state index is 0.0237. The van der Waals surface area contributed by atoms with Crippen LogP contribution in [0.15, 0.2) is 23.8 Å². The first-order valence-corrected chi connectivity index (χ1v) is 11.4. The van der Waals surface area contributed by atoms with E-state index in [-0.39, 0.29) is 54.7 Å². The predicted molar refractivity (Wildman–Crippen MR) is 116 cm³/mol. The van der Waals surface area contributed by atoms with Crippen molar-refractivity contribution in [2.75, 3.05) is 7.11 Å². The second kappa shape index (κ2) is 11.8. The summed E-state index contributed by atoms with van der Waals surface area (Å²) in [5.74, 6) is -1.11. The second-order valence-electron chi connectivity index (χ2n) is 9.06. The van der Waals surface area contributed by atoms with Crippen LogP contribution >= 0.6 is 0 Å². The van der Waals surface area contributed by atoms with E-state index in [1.807, 2.05) is 19.9 Å². The Bertz CT molecular complexity index is 671. The van der Waals surface area contributed by atoms with Crippen molar-refractivity contribution < 1.29 is 34.4 Å². The molecule has 0 amide bonds. The molecule has 0 aromatic carbocycles. The molecular formula is C24H38O7. The monoisotopic (exact) mass is 438 g/mol. The number of fused-ring (bicyclic) bond motifs is 1. The van der Waals surface area contributed by atoms with Crippen LogP contribution in [0.2, 0.25) is 0 Å². The number of rotatable bonds is 11. The van der Waals surface area contributed by atoms with E-state index in [0.29, 0.717) is 19.3 Å². The molecule has 8 unspecified atom stereocenters. The third-order valence-electron chi connectivity index (χ3n) is 6.82. The van der Waals surface area contributed by atoms with E-state index >= 15 is 0 Å². The number of aliphatic hydroxyl groups excluding tert-OH is 2. The smallest absolute Gasteiger partial charge is 0.308 e. The zero-order chi connectivity index (χ0) is 23.1. The Kier molecular flexibility index (Phi) is 9.72. The molecule has 0 aromatic heterocycles. The van der Waals surface area contributed by atoms with Gasteiger partial charge in [0, 0.05) is 19.4 Å². The first kappa shape index (κ1) is 25.6. The fourth-order valence-electron chi connectivity index (χ4n) is 4.79. The largest absolute Gasteiger partial charge is 0.481 e. The van der Waals surface area contributed by atoms with Crippen LogP contribution < -0.4 is 0 Å². The van der Waals surface area contributed by atoms with Gasteiger partial charge in [0.2, 0.25) is 0 Å². The van der Waals surface area contributed by atoms with Gasteiger partial charge in [-0.25, -0.2) is 0 Å². The molecule has 0 bridgehead atoms. The molecule has 8 atom stereocenters. The van der Waals surface area contributed by atoms with Gasteiger partial charge in [0.25, 0.3) is 0 Å². The number of carbonyl (C=O) groups is 2. The summed E-state index contributed by atoms with van der Waals surface area (Å²) in [6.07, 6.45) is 6.17. The lowest BCUT2D eigenvalue weighted by atomic mass is 9.65. The maximum atomic E-state index is 12.5. The lowest BCUT2D eigenvalue weighted by molar-refractivity contribution is -0.158. The van der Waals surface area contributed by atoms with E-state index in [0.717, 1.165) is 12.0 Å². The molecule has 3 N–H and O–H groups in total. The topological polar surface area (TPSA) is 113 Å². The predicted octanol–water partition coefficient (Wildman–Crippen LogP) is 3.09. The van der Waals surface area contributed by atoms with Crippen LogP contribution in [0.1, 0.15) is 59.3 Å². The summed E-state index contributed by atoms with van der Waals surface area (Å²) in [6, 6.07) is 0. The fraction of sp³-hybridized carbons (Fsp3) is 0.750. The van der Waals surface area contributed by atoms with E-state index in [1.165, 1.54) is 0 Å². The van der Waals surface area contributed by atoms with Gasteiger partial charge in [-0.15, -0.1) is 0 Å². The van der Waals surface area contributed by atoms with Crippen molar-refractivity contribution in [1.82, 2.24) is 0 Å². The summed E-state index contributed by atoms with van der Waals surface area (Å²) in [4.78, 5) is 23.2. The molecule has 7 heteroatoms. The Morgan fingerprint density at radius 2 is 1.97 bits per heavy atom. The van der Waals surface area contributed by atoms with E-state index < -0.39 is 18.2 Å². The number of hydrogen-bond donors (Lipinski definition) is 3. The van der Waals surface area contributed by atoms with Crippen molar-refractivity contribution >= 4 is 11.9 Å². The molecule has 0 aromatic rings. The van der Waals surface area contributed by atoms with E-state index in [1.54, 1.807) is 7.11 Å². The van der Waals surface area contributed by atoms with E-state index in [2.05, 4.69) is 19.1 Å². The Morgan fingerprint density at radius 3 is 2.58 bits per heavy atom. The van der Waals surface area contributed by atoms with Crippen molar-refractivity contribution in [2.45, 2.75) is 83.7 Å². The number of esters is 1. The number of ether oxygens (including phenoxy) is 2. The Hall–Kier alpha value is -1.70. The normalized spacial score (nSPS) is 30.6. The number of aliphatic hydroxyl groups is 2. The van der Waals surface area contributed by atoms with Crippen molar-refractivity contribution in [3.8, 4) is 0 Å². The zero-order valence-corrected chi connectivity index (χ0v) is 19.1. The van der Waals surface area contributed by atoms with Crippen LogP contribution in [0.3, 0.4) is 0 Å². The molecule has 7 nitrogen and oxygen atoms in total. The highest BCUT2D eigenvalue weighted by molar-refractivity contribution is 5.72.